The first-order valence-corrected chi connectivity index (χ1v) is 11.1. The fourth-order valence-corrected chi connectivity index (χ4v) is 3.11. The molecule has 7 heteroatoms. The van der Waals surface area contributed by atoms with Crippen LogP contribution >= 0.6 is 11.6 Å². The molecule has 0 atom stereocenters. The van der Waals surface area contributed by atoms with E-state index in [0.29, 0.717) is 35.1 Å². The minimum Gasteiger partial charge on any atom is -0.488 e. The largest absolute Gasteiger partial charge is 0.488 e. The minimum absolute atomic E-state index is 0.0670. The topological polar surface area (TPSA) is 79.8 Å². The Hall–Kier alpha value is -3.64. The number of anilines is 1. The molecule has 0 heterocycles. The molecule has 170 valence electrons. The lowest BCUT2D eigenvalue weighted by Crippen LogP contribution is -2.18. The Labute approximate surface area is 198 Å². The highest BCUT2D eigenvalue weighted by Gasteiger charge is 2.08. The zero-order chi connectivity index (χ0) is 23.5. The molecule has 0 bridgehead atoms. The summed E-state index contributed by atoms with van der Waals surface area (Å²) in [6, 6.07) is 21.6. The highest BCUT2D eigenvalue weighted by Crippen LogP contribution is 2.18. The van der Waals surface area contributed by atoms with E-state index >= 15 is 0 Å². The second-order valence-electron chi connectivity index (χ2n) is 7.38. The van der Waals surface area contributed by atoms with E-state index < -0.39 is 0 Å². The Bertz CT molecular complexity index is 1110. The van der Waals surface area contributed by atoms with Gasteiger partial charge in [-0.25, -0.2) is 5.43 Å². The number of amides is 2. The van der Waals surface area contributed by atoms with Crippen LogP contribution in [0.2, 0.25) is 5.02 Å². The van der Waals surface area contributed by atoms with Crippen molar-refractivity contribution in [2.45, 2.75) is 32.8 Å². The third-order valence-corrected chi connectivity index (χ3v) is 5.01. The molecule has 0 fully saturated rings. The van der Waals surface area contributed by atoms with Crippen molar-refractivity contribution in [3.8, 4) is 5.75 Å². The van der Waals surface area contributed by atoms with Gasteiger partial charge in [0.2, 0.25) is 5.91 Å². The monoisotopic (exact) mass is 463 g/mol. The fourth-order valence-electron chi connectivity index (χ4n) is 2.98. The molecule has 0 aliphatic carbocycles. The summed E-state index contributed by atoms with van der Waals surface area (Å²) in [4.78, 5) is 24.4. The van der Waals surface area contributed by atoms with Gasteiger partial charge in [0.05, 0.1) is 6.21 Å². The maximum atomic E-state index is 12.5. The van der Waals surface area contributed by atoms with Crippen LogP contribution in [0.4, 0.5) is 5.69 Å². The Morgan fingerprint density at radius 2 is 1.82 bits per heavy atom. The van der Waals surface area contributed by atoms with Gasteiger partial charge >= 0.3 is 0 Å². The predicted molar refractivity (Wildman–Crippen MR) is 132 cm³/mol. The van der Waals surface area contributed by atoms with E-state index in [4.69, 9.17) is 16.3 Å². The first kappa shape index (κ1) is 24.0. The van der Waals surface area contributed by atoms with Crippen LogP contribution in [0.3, 0.4) is 0 Å². The molecule has 6 nitrogen and oxygen atoms in total. The first-order chi connectivity index (χ1) is 16.0. The van der Waals surface area contributed by atoms with Gasteiger partial charge in [0.15, 0.2) is 0 Å². The maximum Gasteiger partial charge on any atom is 0.271 e. The van der Waals surface area contributed by atoms with E-state index in [1.54, 1.807) is 24.3 Å². The zero-order valence-electron chi connectivity index (χ0n) is 18.4. The van der Waals surface area contributed by atoms with Crippen molar-refractivity contribution in [2.75, 3.05) is 5.32 Å². The zero-order valence-corrected chi connectivity index (χ0v) is 19.1. The molecule has 0 saturated carbocycles. The maximum absolute atomic E-state index is 12.5. The van der Waals surface area contributed by atoms with Crippen molar-refractivity contribution in [2.24, 2.45) is 5.10 Å². The number of para-hydroxylation sites is 1. The van der Waals surface area contributed by atoms with Gasteiger partial charge < -0.3 is 10.1 Å². The number of rotatable bonds is 10. The Balaban J connectivity index is 1.58. The number of benzene rings is 3. The van der Waals surface area contributed by atoms with Crippen LogP contribution in [0, 0.1) is 0 Å². The normalized spacial score (nSPS) is 10.7. The lowest BCUT2D eigenvalue weighted by atomic mass is 10.2. The number of hydrogen-bond donors (Lipinski definition) is 2. The predicted octanol–water partition coefficient (Wildman–Crippen LogP) is 5.81. The number of ether oxygens (including phenoxy) is 1. The van der Waals surface area contributed by atoms with Crippen molar-refractivity contribution in [3.63, 3.8) is 0 Å². The first-order valence-electron chi connectivity index (χ1n) is 10.7. The van der Waals surface area contributed by atoms with Crippen LogP contribution in [0.25, 0.3) is 0 Å². The lowest BCUT2D eigenvalue weighted by Gasteiger charge is -2.09. The van der Waals surface area contributed by atoms with Crippen LogP contribution < -0.4 is 15.5 Å². The summed E-state index contributed by atoms with van der Waals surface area (Å²) in [5.41, 5.74) is 5.20. The molecule has 0 radical (unpaired) electrons. The number of carbonyl (C=O) groups excluding carboxylic acids is 2. The summed E-state index contributed by atoms with van der Waals surface area (Å²) in [6.07, 6.45) is 3.76. The van der Waals surface area contributed by atoms with E-state index in [9.17, 15) is 9.59 Å². The summed E-state index contributed by atoms with van der Waals surface area (Å²) in [5, 5.41) is 7.55. The van der Waals surface area contributed by atoms with E-state index in [0.717, 1.165) is 24.0 Å². The van der Waals surface area contributed by atoms with E-state index in [1.165, 1.54) is 6.21 Å². The molecule has 3 aromatic rings. The highest BCUT2D eigenvalue weighted by molar-refractivity contribution is 6.30. The van der Waals surface area contributed by atoms with Gasteiger partial charge in [-0.2, -0.15) is 5.10 Å². The molecule has 33 heavy (non-hydrogen) atoms. The number of nitrogens with zero attached hydrogens (tertiary/aromatic N) is 1. The summed E-state index contributed by atoms with van der Waals surface area (Å²) in [7, 11) is 0. The quantitative estimate of drug-likeness (QED) is 0.294. The number of hydrogen-bond acceptors (Lipinski definition) is 4. The molecule has 2 N–H and O–H groups in total. The second kappa shape index (κ2) is 12.4. The molecule has 0 aromatic heterocycles. The van der Waals surface area contributed by atoms with Gasteiger partial charge in [0, 0.05) is 28.3 Å². The summed E-state index contributed by atoms with van der Waals surface area (Å²) < 4.78 is 5.90. The van der Waals surface area contributed by atoms with Gasteiger partial charge in [0.1, 0.15) is 12.4 Å². The van der Waals surface area contributed by atoms with Crippen LogP contribution in [-0.4, -0.2) is 18.0 Å². The van der Waals surface area contributed by atoms with Gasteiger partial charge in [-0.05, 0) is 54.4 Å². The standard InChI is InChI=1S/C26H26ClN3O3/c1-2-3-11-25(31)29-23-9-6-8-20(16-23)26(32)30-28-17-21-7-4-5-10-24(21)33-18-19-12-14-22(27)15-13-19/h4-10,12-17H,2-3,11,18H2,1H3,(H,29,31)(H,30,32)/b28-17+. The van der Waals surface area contributed by atoms with Gasteiger partial charge in [-0.15, -0.1) is 0 Å². The molecule has 3 aromatic carbocycles. The summed E-state index contributed by atoms with van der Waals surface area (Å²) in [5.74, 6) is 0.195. The van der Waals surface area contributed by atoms with Crippen molar-refractivity contribution in [3.05, 3.63) is 94.5 Å². The average molecular weight is 464 g/mol. The molecule has 0 saturated heterocycles. The third kappa shape index (κ3) is 7.77. The molecule has 0 spiro atoms. The fraction of sp³-hybridized carbons (Fsp3) is 0.192. The highest BCUT2D eigenvalue weighted by atomic mass is 35.5. The van der Waals surface area contributed by atoms with Crippen molar-refractivity contribution in [1.82, 2.24) is 5.43 Å². The lowest BCUT2D eigenvalue weighted by molar-refractivity contribution is -0.116. The van der Waals surface area contributed by atoms with E-state index in [1.807, 2.05) is 55.5 Å². The van der Waals surface area contributed by atoms with Gasteiger partial charge in [0.25, 0.3) is 5.91 Å². The number of carbonyl (C=O) groups is 2. The molecular formula is C26H26ClN3O3. The summed E-state index contributed by atoms with van der Waals surface area (Å²) in [6.45, 7) is 2.41. The molecule has 3 rings (SSSR count). The summed E-state index contributed by atoms with van der Waals surface area (Å²) >= 11 is 5.92. The van der Waals surface area contributed by atoms with E-state index in [-0.39, 0.29) is 11.8 Å². The number of unbranched alkanes of at least 4 members (excludes halogenated alkanes) is 1. The third-order valence-electron chi connectivity index (χ3n) is 4.76. The molecule has 0 aliphatic rings. The van der Waals surface area contributed by atoms with Crippen molar-refractivity contribution < 1.29 is 14.3 Å². The van der Waals surface area contributed by atoms with Crippen molar-refractivity contribution in [1.29, 1.82) is 0 Å². The number of halogens is 1. The van der Waals surface area contributed by atoms with E-state index in [2.05, 4.69) is 15.8 Å². The Morgan fingerprint density at radius 1 is 1.03 bits per heavy atom. The molecule has 0 unspecified atom stereocenters. The van der Waals surface area contributed by atoms with Crippen molar-refractivity contribution >= 4 is 35.3 Å². The molecule has 0 aliphatic heterocycles. The molecule has 2 amide bonds. The number of nitrogens with one attached hydrogen (secondary N) is 2. The Kier molecular flexibility index (Phi) is 9.03. The van der Waals surface area contributed by atoms with Gasteiger partial charge in [-0.3, -0.25) is 9.59 Å². The van der Waals surface area contributed by atoms with Crippen LogP contribution in [-0.2, 0) is 11.4 Å². The minimum atomic E-state index is -0.379. The van der Waals surface area contributed by atoms with Crippen LogP contribution in [0.5, 0.6) is 5.75 Å². The Morgan fingerprint density at radius 3 is 2.61 bits per heavy atom. The second-order valence-corrected chi connectivity index (χ2v) is 7.82. The SMILES string of the molecule is CCCCC(=O)Nc1cccc(C(=O)N/N=C/c2ccccc2OCc2ccc(Cl)cc2)c1. The van der Waals surface area contributed by atoms with Crippen LogP contribution in [0.15, 0.2) is 77.9 Å². The average Bonchev–Trinajstić information content (AvgIpc) is 2.83. The van der Waals surface area contributed by atoms with Gasteiger partial charge in [-0.1, -0.05) is 55.3 Å². The van der Waals surface area contributed by atoms with Crippen LogP contribution in [0.1, 0.15) is 47.7 Å². The number of hydrazone groups is 1. The smallest absolute Gasteiger partial charge is 0.271 e. The molecular weight excluding hydrogens is 438 g/mol.